The maximum atomic E-state index is 9.43. The molecule has 0 aliphatic carbocycles. The monoisotopic (exact) mass is 174 g/mol. The van der Waals surface area contributed by atoms with E-state index in [1.54, 1.807) is 0 Å². The molecule has 0 aromatic carbocycles. The average molecular weight is 174 g/mol. The van der Waals surface area contributed by atoms with Crippen LogP contribution in [0, 0.1) is 0 Å². The zero-order valence-electron chi connectivity index (χ0n) is 4.97. The molecule has 0 unspecified atom stereocenters. The van der Waals surface area contributed by atoms with Gasteiger partial charge in [-0.05, 0) is 0 Å². The molecule has 0 aromatic rings. The number of amides is 4. The predicted octanol–water partition coefficient (Wildman–Crippen LogP) is -2.52. The summed E-state index contributed by atoms with van der Waals surface area (Å²) in [5.41, 5.74) is 8.99. The van der Waals surface area contributed by atoms with Crippen molar-refractivity contribution in [3.05, 3.63) is 0 Å². The summed E-state index contributed by atoms with van der Waals surface area (Å²) in [7, 11) is 5.26. The lowest BCUT2D eigenvalue weighted by Crippen LogP contribution is -2.26. The Bertz CT molecular complexity index is 104. The Morgan fingerprint density at radius 2 is 1.10 bits per heavy atom. The topological polar surface area (TPSA) is 110 Å². The second-order valence-electron chi connectivity index (χ2n) is 0.979. The van der Waals surface area contributed by atoms with E-state index in [9.17, 15) is 9.59 Å². The fourth-order valence-electron chi connectivity index (χ4n) is 0. The Kier molecular flexibility index (Phi) is 9.35. The molecule has 0 aliphatic heterocycles. The lowest BCUT2D eigenvalue weighted by molar-refractivity contribution is 0.253. The average Bonchev–Trinajstić information content (AvgIpc) is 1.89. The molecule has 10 heavy (non-hydrogen) atoms. The summed E-state index contributed by atoms with van der Waals surface area (Å²) in [6.07, 6.45) is 0. The van der Waals surface area contributed by atoms with Crippen LogP contribution in [-0.2, 0) is 0 Å². The number of primary amides is 2. The normalized spacial score (nSPS) is 6.60. The SMILES string of the molecule is NC(=O)N[Si].NC(=O)N[Si]. The Morgan fingerprint density at radius 1 is 1.00 bits per heavy atom. The Hall–Kier alpha value is -1.03. The molecule has 0 rings (SSSR count). The van der Waals surface area contributed by atoms with Gasteiger partial charge in [-0.25, -0.2) is 0 Å². The molecule has 0 atom stereocenters. The second kappa shape index (κ2) is 7.97. The molecule has 0 heterocycles. The molecule has 0 saturated carbocycles. The first-order chi connectivity index (χ1) is 4.54. The van der Waals surface area contributed by atoms with Crippen LogP contribution in [0.4, 0.5) is 9.59 Å². The lowest BCUT2D eigenvalue weighted by atomic mass is 11.2. The first-order valence-electron chi connectivity index (χ1n) is 1.99. The number of carbonyl (C=O) groups excluding carboxylic acids is 2. The summed E-state index contributed by atoms with van der Waals surface area (Å²) in [5, 5.41) is 0. The van der Waals surface area contributed by atoms with E-state index in [1.165, 1.54) is 0 Å². The number of carbonyl (C=O) groups is 2. The summed E-state index contributed by atoms with van der Waals surface area (Å²) in [6.45, 7) is 0. The number of urea groups is 2. The Balaban J connectivity index is 0. The fourth-order valence-corrected chi connectivity index (χ4v) is 0. The molecule has 6 N–H and O–H groups in total. The van der Waals surface area contributed by atoms with Crippen LogP contribution in [0.25, 0.3) is 0 Å². The third-order valence-electron chi connectivity index (χ3n) is 0.246. The number of hydrogen-bond donors (Lipinski definition) is 4. The molecule has 0 bridgehead atoms. The van der Waals surface area contributed by atoms with E-state index in [-0.39, 0.29) is 0 Å². The molecule has 0 aromatic heterocycles. The van der Waals surface area contributed by atoms with Gasteiger partial charge in [-0.2, -0.15) is 0 Å². The molecule has 0 saturated heterocycles. The van der Waals surface area contributed by atoms with E-state index >= 15 is 0 Å². The minimum Gasteiger partial charge on any atom is -0.366 e. The van der Waals surface area contributed by atoms with Crippen LogP contribution in [0.3, 0.4) is 0 Å². The van der Waals surface area contributed by atoms with Gasteiger partial charge < -0.3 is 21.4 Å². The van der Waals surface area contributed by atoms with Crippen molar-refractivity contribution in [3.8, 4) is 0 Å². The molecule has 6 nitrogen and oxygen atoms in total. The number of rotatable bonds is 0. The van der Waals surface area contributed by atoms with Gasteiger partial charge in [0.1, 0.15) is 0 Å². The first-order valence-corrected chi connectivity index (χ1v) is 2.99. The molecular weight excluding hydrogens is 168 g/mol. The van der Waals surface area contributed by atoms with Crippen LogP contribution in [0.15, 0.2) is 0 Å². The molecular formula is C2H6N4O2Si2. The van der Waals surface area contributed by atoms with E-state index in [0.717, 1.165) is 0 Å². The van der Waals surface area contributed by atoms with Crippen molar-refractivity contribution < 1.29 is 9.59 Å². The van der Waals surface area contributed by atoms with E-state index < -0.39 is 12.1 Å². The maximum absolute atomic E-state index is 9.43. The van der Waals surface area contributed by atoms with Crippen LogP contribution in [0.2, 0.25) is 0 Å². The zero-order valence-corrected chi connectivity index (χ0v) is 6.97. The summed E-state index contributed by atoms with van der Waals surface area (Å²) in [6, 6.07) is -1.16. The standard InChI is InChI=1S/2CH3N2OSi/c2*2-1(4)3-5/h2*(H3,2,3,4). The van der Waals surface area contributed by atoms with Crippen molar-refractivity contribution in [3.63, 3.8) is 0 Å². The van der Waals surface area contributed by atoms with E-state index in [0.29, 0.717) is 0 Å². The van der Waals surface area contributed by atoms with Crippen molar-refractivity contribution in [2.24, 2.45) is 11.5 Å². The Labute approximate surface area is 64.7 Å². The van der Waals surface area contributed by atoms with Crippen LogP contribution >= 0.6 is 0 Å². The molecule has 0 fully saturated rings. The van der Waals surface area contributed by atoms with E-state index in [1.807, 2.05) is 9.96 Å². The molecule has 54 valence electrons. The third-order valence-corrected chi connectivity index (χ3v) is 0.739. The highest BCUT2D eigenvalue weighted by molar-refractivity contribution is 6.13. The van der Waals surface area contributed by atoms with Crippen LogP contribution in [0.5, 0.6) is 0 Å². The van der Waals surface area contributed by atoms with Gasteiger partial charge in [0, 0.05) is 0 Å². The molecule has 6 radical (unpaired) electrons. The number of hydrogen-bond acceptors (Lipinski definition) is 2. The molecule has 0 aliphatic rings. The minimum absolute atomic E-state index is 0.582. The maximum Gasteiger partial charge on any atom is 0.303 e. The van der Waals surface area contributed by atoms with Gasteiger partial charge in [0.15, 0.2) is 20.8 Å². The number of nitrogens with one attached hydrogen (secondary N) is 2. The van der Waals surface area contributed by atoms with E-state index in [2.05, 4.69) is 32.3 Å². The van der Waals surface area contributed by atoms with E-state index in [4.69, 9.17) is 0 Å². The molecule has 0 spiro atoms. The van der Waals surface area contributed by atoms with Crippen LogP contribution in [0.1, 0.15) is 0 Å². The minimum atomic E-state index is -0.582. The van der Waals surface area contributed by atoms with Crippen molar-refractivity contribution in [1.82, 2.24) is 9.96 Å². The lowest BCUT2D eigenvalue weighted by Gasteiger charge is -1.79. The smallest absolute Gasteiger partial charge is 0.303 e. The van der Waals surface area contributed by atoms with Crippen LogP contribution in [-0.4, -0.2) is 32.9 Å². The third kappa shape index (κ3) is 28.1. The van der Waals surface area contributed by atoms with Gasteiger partial charge in [0.05, 0.1) is 0 Å². The van der Waals surface area contributed by atoms with Gasteiger partial charge in [0.2, 0.25) is 0 Å². The summed E-state index contributed by atoms with van der Waals surface area (Å²) in [4.78, 5) is 22.8. The molecule has 4 amide bonds. The van der Waals surface area contributed by atoms with Gasteiger partial charge in [-0.3, -0.25) is 9.59 Å². The summed E-state index contributed by atoms with van der Waals surface area (Å²) < 4.78 is 0. The quantitative estimate of drug-likeness (QED) is 0.304. The second-order valence-corrected chi connectivity index (χ2v) is 1.48. The highest BCUT2D eigenvalue weighted by Gasteiger charge is 1.73. The van der Waals surface area contributed by atoms with Gasteiger partial charge >= 0.3 is 12.1 Å². The number of nitrogens with two attached hydrogens (primary N) is 2. The summed E-state index contributed by atoms with van der Waals surface area (Å²) >= 11 is 0. The van der Waals surface area contributed by atoms with Gasteiger partial charge in [-0.15, -0.1) is 0 Å². The highest BCUT2D eigenvalue weighted by Crippen LogP contribution is 1.37. The van der Waals surface area contributed by atoms with Crippen molar-refractivity contribution in [2.75, 3.05) is 0 Å². The fraction of sp³-hybridized carbons (Fsp3) is 0. The first kappa shape index (κ1) is 11.7. The Morgan fingerprint density at radius 3 is 1.10 bits per heavy atom. The molecule has 8 heteroatoms. The van der Waals surface area contributed by atoms with Gasteiger partial charge in [-0.1, -0.05) is 0 Å². The summed E-state index contributed by atoms with van der Waals surface area (Å²) in [5.74, 6) is 0. The van der Waals surface area contributed by atoms with Crippen LogP contribution < -0.4 is 21.4 Å². The predicted molar refractivity (Wildman–Crippen MR) is 36.9 cm³/mol. The van der Waals surface area contributed by atoms with Gasteiger partial charge in [0.25, 0.3) is 0 Å². The van der Waals surface area contributed by atoms with Crippen molar-refractivity contribution in [1.29, 1.82) is 0 Å². The highest BCUT2D eigenvalue weighted by atomic mass is 28.2. The van der Waals surface area contributed by atoms with Crippen molar-refractivity contribution in [2.45, 2.75) is 0 Å². The van der Waals surface area contributed by atoms with Crippen molar-refractivity contribution >= 4 is 32.9 Å². The zero-order chi connectivity index (χ0) is 8.57. The largest absolute Gasteiger partial charge is 0.366 e.